The normalized spacial score (nSPS) is 15.0. The lowest BCUT2D eigenvalue weighted by atomic mass is 9.99. The van der Waals surface area contributed by atoms with Crippen molar-refractivity contribution in [1.82, 2.24) is 0 Å². The van der Waals surface area contributed by atoms with E-state index in [2.05, 4.69) is 48.5 Å². The minimum absolute atomic E-state index is 0.102. The van der Waals surface area contributed by atoms with E-state index in [9.17, 15) is 43.2 Å². The Balaban J connectivity index is 5.26. The number of esters is 4. The number of hydrogen-bond donors (Lipinski definition) is 3. The molecule has 84 heavy (non-hydrogen) atoms. The van der Waals surface area contributed by atoms with E-state index >= 15 is 0 Å². The van der Waals surface area contributed by atoms with Gasteiger partial charge in [-0.25, -0.2) is 9.13 Å². The van der Waals surface area contributed by atoms with Gasteiger partial charge in [-0.2, -0.15) is 0 Å². The molecular weight excluding hydrogens is 1110 g/mol. The quantitative estimate of drug-likeness (QED) is 0.0222. The van der Waals surface area contributed by atoms with Crippen LogP contribution in [0.5, 0.6) is 0 Å². The zero-order chi connectivity index (χ0) is 62.4. The minimum atomic E-state index is -4.95. The predicted molar refractivity (Wildman–Crippen MR) is 335 cm³/mol. The molecule has 4 unspecified atom stereocenters. The SMILES string of the molecule is CCCCCCCCCCCC(=O)OC[C@H](COP(=O)(O)OC[C@H](O)COP(=O)(O)OC[C@@H](COC(=O)CCCCCCCCCCC(C)CC)OC(=O)CCCCCCCCCCCCC(C)C)OC(=O)CCCCCCCCC(C)CC. The zero-order valence-electron chi connectivity index (χ0n) is 54.4. The maximum atomic E-state index is 13.0. The summed E-state index contributed by atoms with van der Waals surface area (Å²) in [6, 6.07) is 0. The number of ether oxygens (including phenoxy) is 4. The molecule has 0 aromatic carbocycles. The Kier molecular flexibility index (Phi) is 55.0. The molecule has 0 aliphatic heterocycles. The van der Waals surface area contributed by atoms with E-state index in [1.54, 1.807) is 0 Å². The molecule has 7 atom stereocenters. The Morgan fingerprint density at radius 1 is 0.345 bits per heavy atom. The molecule has 0 aliphatic carbocycles. The van der Waals surface area contributed by atoms with Crippen LogP contribution in [0.2, 0.25) is 0 Å². The van der Waals surface area contributed by atoms with Crippen molar-refractivity contribution in [3.63, 3.8) is 0 Å². The van der Waals surface area contributed by atoms with Gasteiger partial charge < -0.3 is 33.8 Å². The van der Waals surface area contributed by atoms with Crippen LogP contribution in [0.4, 0.5) is 0 Å². The van der Waals surface area contributed by atoms with Crippen LogP contribution < -0.4 is 0 Å². The Hall–Kier alpha value is -1.94. The number of hydrogen-bond acceptors (Lipinski definition) is 15. The molecule has 0 saturated heterocycles. The first-order valence-electron chi connectivity index (χ1n) is 33.9. The van der Waals surface area contributed by atoms with Crippen molar-refractivity contribution in [2.75, 3.05) is 39.6 Å². The van der Waals surface area contributed by atoms with Crippen LogP contribution in [0.1, 0.15) is 318 Å². The number of phosphoric acid groups is 2. The maximum Gasteiger partial charge on any atom is 0.472 e. The molecule has 0 spiro atoms. The smallest absolute Gasteiger partial charge is 0.462 e. The van der Waals surface area contributed by atoms with Crippen LogP contribution in [0.25, 0.3) is 0 Å². The fraction of sp³-hybridized carbons (Fsp3) is 0.938. The van der Waals surface area contributed by atoms with E-state index in [0.717, 1.165) is 108 Å². The first-order chi connectivity index (χ1) is 40.3. The molecule has 0 fully saturated rings. The molecule has 0 aromatic rings. The van der Waals surface area contributed by atoms with Crippen molar-refractivity contribution in [2.45, 2.75) is 336 Å². The number of aliphatic hydroxyl groups is 1. The van der Waals surface area contributed by atoms with Gasteiger partial charge in [-0.05, 0) is 43.4 Å². The van der Waals surface area contributed by atoms with Crippen molar-refractivity contribution < 1.29 is 80.2 Å². The average Bonchev–Trinajstić information content (AvgIpc) is 3.48. The number of carbonyl (C=O) groups excluding carboxylic acids is 4. The van der Waals surface area contributed by atoms with E-state index in [4.69, 9.17) is 37.0 Å². The topological polar surface area (TPSA) is 237 Å². The minimum Gasteiger partial charge on any atom is -0.462 e. The summed E-state index contributed by atoms with van der Waals surface area (Å²) in [6.45, 7) is 11.7. The lowest BCUT2D eigenvalue weighted by molar-refractivity contribution is -0.161. The van der Waals surface area contributed by atoms with Crippen molar-refractivity contribution >= 4 is 39.5 Å². The highest BCUT2D eigenvalue weighted by atomic mass is 31.2. The average molecular weight is 1240 g/mol. The molecule has 19 heteroatoms. The highest BCUT2D eigenvalue weighted by molar-refractivity contribution is 7.47. The molecular formula is C65H126O17P2. The summed E-state index contributed by atoms with van der Waals surface area (Å²) in [4.78, 5) is 72.2. The van der Waals surface area contributed by atoms with E-state index in [-0.39, 0.29) is 25.7 Å². The van der Waals surface area contributed by atoms with Crippen LogP contribution in [-0.2, 0) is 65.4 Å². The summed E-state index contributed by atoms with van der Waals surface area (Å²) in [5, 5.41) is 10.5. The Morgan fingerprint density at radius 3 is 0.905 bits per heavy atom. The number of unbranched alkanes of at least 4 members (excludes halogenated alkanes) is 29. The van der Waals surface area contributed by atoms with Gasteiger partial charge in [-0.15, -0.1) is 0 Å². The van der Waals surface area contributed by atoms with E-state index < -0.39 is 97.5 Å². The Bertz CT molecular complexity index is 1670. The summed E-state index contributed by atoms with van der Waals surface area (Å²) in [5.74, 6) is 0.112. The molecule has 498 valence electrons. The van der Waals surface area contributed by atoms with Gasteiger partial charge in [0.15, 0.2) is 12.2 Å². The van der Waals surface area contributed by atoms with E-state index in [1.165, 1.54) is 128 Å². The number of aliphatic hydroxyl groups excluding tert-OH is 1. The molecule has 0 aliphatic rings. The van der Waals surface area contributed by atoms with Crippen molar-refractivity contribution in [2.24, 2.45) is 17.8 Å². The third-order valence-electron chi connectivity index (χ3n) is 15.6. The molecule has 0 aromatic heterocycles. The highest BCUT2D eigenvalue weighted by Crippen LogP contribution is 2.45. The van der Waals surface area contributed by atoms with Gasteiger partial charge >= 0.3 is 39.5 Å². The van der Waals surface area contributed by atoms with Crippen molar-refractivity contribution in [1.29, 1.82) is 0 Å². The van der Waals surface area contributed by atoms with Gasteiger partial charge in [0, 0.05) is 25.7 Å². The van der Waals surface area contributed by atoms with Crippen LogP contribution >= 0.6 is 15.6 Å². The Labute approximate surface area is 511 Å². The summed E-state index contributed by atoms with van der Waals surface area (Å²) >= 11 is 0. The third kappa shape index (κ3) is 56.6. The van der Waals surface area contributed by atoms with Crippen LogP contribution in [0.3, 0.4) is 0 Å². The monoisotopic (exact) mass is 1240 g/mol. The predicted octanol–water partition coefficient (Wildman–Crippen LogP) is 17.9. The van der Waals surface area contributed by atoms with E-state index in [1.807, 2.05) is 0 Å². The van der Waals surface area contributed by atoms with Gasteiger partial charge in [0.05, 0.1) is 26.4 Å². The standard InChI is InChI=1S/C65H126O17P2/c1-8-11-12-13-14-17-24-32-39-46-62(67)75-53-61(82-65(70)49-42-35-28-27-31-38-45-58(7)10-3)55-80-84(73,74)78-51-59(66)50-77-83(71,72)79-54-60(52-76-63(68)47-40-33-25-21-20-23-30-37-44-57(6)9-2)81-64(69)48-41-34-26-19-16-15-18-22-29-36-43-56(4)5/h56-61,66H,8-55H2,1-7H3,(H,71,72)(H,73,74)/t57?,58?,59-,60-,61-/m1/s1. The summed E-state index contributed by atoms with van der Waals surface area (Å²) in [7, 11) is -9.89. The number of carbonyl (C=O) groups is 4. The molecule has 0 bridgehead atoms. The first kappa shape index (κ1) is 82.1. The number of rotatable bonds is 63. The van der Waals surface area contributed by atoms with E-state index in [0.29, 0.717) is 25.7 Å². The zero-order valence-corrected chi connectivity index (χ0v) is 56.1. The van der Waals surface area contributed by atoms with Crippen molar-refractivity contribution in [3.05, 3.63) is 0 Å². The van der Waals surface area contributed by atoms with Crippen LogP contribution in [0.15, 0.2) is 0 Å². The molecule has 0 heterocycles. The summed E-state index contributed by atoms with van der Waals surface area (Å²) in [5.41, 5.74) is 0. The van der Waals surface area contributed by atoms with Gasteiger partial charge in [0.2, 0.25) is 0 Å². The largest absolute Gasteiger partial charge is 0.472 e. The lowest BCUT2D eigenvalue weighted by Gasteiger charge is -2.21. The molecule has 0 saturated carbocycles. The second kappa shape index (κ2) is 56.3. The van der Waals surface area contributed by atoms with Crippen molar-refractivity contribution in [3.8, 4) is 0 Å². The fourth-order valence-corrected chi connectivity index (χ4v) is 11.2. The van der Waals surface area contributed by atoms with Gasteiger partial charge in [-0.3, -0.25) is 37.3 Å². The molecule has 0 amide bonds. The van der Waals surface area contributed by atoms with Gasteiger partial charge in [0.25, 0.3) is 0 Å². The molecule has 3 N–H and O–H groups in total. The maximum absolute atomic E-state index is 13.0. The molecule has 0 radical (unpaired) electrons. The second-order valence-electron chi connectivity index (χ2n) is 24.5. The Morgan fingerprint density at radius 2 is 0.607 bits per heavy atom. The summed E-state index contributed by atoms with van der Waals surface area (Å²) in [6.07, 6.45) is 37.5. The summed E-state index contributed by atoms with van der Waals surface area (Å²) < 4.78 is 68.0. The molecule has 17 nitrogen and oxygen atoms in total. The number of phosphoric ester groups is 2. The van der Waals surface area contributed by atoms with Gasteiger partial charge in [0.1, 0.15) is 19.3 Å². The fourth-order valence-electron chi connectivity index (χ4n) is 9.59. The van der Waals surface area contributed by atoms with Gasteiger partial charge in [-0.1, -0.05) is 267 Å². The van der Waals surface area contributed by atoms with Crippen LogP contribution in [0, 0.1) is 17.8 Å². The second-order valence-corrected chi connectivity index (χ2v) is 27.4. The van der Waals surface area contributed by atoms with Crippen LogP contribution in [-0.4, -0.2) is 96.7 Å². The first-order valence-corrected chi connectivity index (χ1v) is 36.9. The molecule has 0 rings (SSSR count). The lowest BCUT2D eigenvalue weighted by Crippen LogP contribution is -2.30. The third-order valence-corrected chi connectivity index (χ3v) is 17.5. The highest BCUT2D eigenvalue weighted by Gasteiger charge is 2.30.